The zero-order valence-corrected chi connectivity index (χ0v) is 6.91. The van der Waals surface area contributed by atoms with Crippen LogP contribution in [0.1, 0.15) is 20.8 Å². The Balaban J connectivity index is 3.43. The standard InChI is InChI=1S/C7H18N2/c1-5-9-7(2,3)6-8-4/h8-9H,5-6H2,1-4H3. The van der Waals surface area contributed by atoms with E-state index in [-0.39, 0.29) is 5.54 Å². The smallest absolute Gasteiger partial charge is 0.0249 e. The molecule has 2 heteroatoms. The van der Waals surface area contributed by atoms with Crippen molar-refractivity contribution in [1.29, 1.82) is 0 Å². The van der Waals surface area contributed by atoms with Crippen LogP contribution in [-0.2, 0) is 0 Å². The molecule has 0 rings (SSSR count). The second-order valence-electron chi connectivity index (χ2n) is 2.94. The lowest BCUT2D eigenvalue weighted by Gasteiger charge is -2.24. The Hall–Kier alpha value is -0.0800. The molecule has 0 bridgehead atoms. The quantitative estimate of drug-likeness (QED) is 0.582. The van der Waals surface area contributed by atoms with E-state index in [1.807, 2.05) is 7.05 Å². The summed E-state index contributed by atoms with van der Waals surface area (Å²) in [7, 11) is 1.97. The first kappa shape index (κ1) is 8.92. The average molecular weight is 130 g/mol. The van der Waals surface area contributed by atoms with Gasteiger partial charge >= 0.3 is 0 Å². The maximum Gasteiger partial charge on any atom is 0.0249 e. The second kappa shape index (κ2) is 3.85. The number of likely N-dealkylation sites (N-methyl/N-ethyl adjacent to an activating group) is 2. The Morgan fingerprint density at radius 3 is 2.22 bits per heavy atom. The van der Waals surface area contributed by atoms with Gasteiger partial charge in [-0.05, 0) is 27.4 Å². The van der Waals surface area contributed by atoms with Crippen molar-refractivity contribution in [3.05, 3.63) is 0 Å². The van der Waals surface area contributed by atoms with Gasteiger partial charge in [-0.2, -0.15) is 0 Å². The largest absolute Gasteiger partial charge is 0.318 e. The molecule has 2 nitrogen and oxygen atoms in total. The third kappa shape index (κ3) is 4.43. The first-order chi connectivity index (χ1) is 4.12. The van der Waals surface area contributed by atoms with Crippen molar-refractivity contribution in [2.45, 2.75) is 26.3 Å². The lowest BCUT2D eigenvalue weighted by molar-refractivity contribution is 0.385. The molecule has 9 heavy (non-hydrogen) atoms. The minimum Gasteiger partial charge on any atom is -0.318 e. The van der Waals surface area contributed by atoms with Crippen LogP contribution >= 0.6 is 0 Å². The lowest BCUT2D eigenvalue weighted by Crippen LogP contribution is -2.46. The summed E-state index contributed by atoms with van der Waals surface area (Å²) in [6.07, 6.45) is 0. The van der Waals surface area contributed by atoms with E-state index in [4.69, 9.17) is 0 Å². The summed E-state index contributed by atoms with van der Waals surface area (Å²) < 4.78 is 0. The van der Waals surface area contributed by atoms with E-state index in [0.717, 1.165) is 13.1 Å². The van der Waals surface area contributed by atoms with Crippen molar-refractivity contribution in [3.8, 4) is 0 Å². The molecule has 0 radical (unpaired) electrons. The third-order valence-electron chi connectivity index (χ3n) is 1.27. The number of rotatable bonds is 4. The zero-order valence-electron chi connectivity index (χ0n) is 6.91. The molecule has 0 aromatic carbocycles. The first-order valence-electron chi connectivity index (χ1n) is 3.52. The highest BCUT2D eigenvalue weighted by atomic mass is 15.0. The van der Waals surface area contributed by atoms with Crippen LogP contribution in [-0.4, -0.2) is 25.7 Å². The topological polar surface area (TPSA) is 24.1 Å². The Morgan fingerprint density at radius 1 is 1.33 bits per heavy atom. The van der Waals surface area contributed by atoms with Crippen molar-refractivity contribution in [2.24, 2.45) is 0 Å². The second-order valence-corrected chi connectivity index (χ2v) is 2.94. The van der Waals surface area contributed by atoms with E-state index >= 15 is 0 Å². The van der Waals surface area contributed by atoms with Crippen LogP contribution in [0.4, 0.5) is 0 Å². The van der Waals surface area contributed by atoms with Crippen LogP contribution in [0.15, 0.2) is 0 Å². The maximum absolute atomic E-state index is 3.36. The van der Waals surface area contributed by atoms with Crippen LogP contribution in [0, 0.1) is 0 Å². The number of hydrogen-bond acceptors (Lipinski definition) is 2. The van der Waals surface area contributed by atoms with Crippen molar-refractivity contribution >= 4 is 0 Å². The van der Waals surface area contributed by atoms with Gasteiger partial charge in [0.05, 0.1) is 0 Å². The van der Waals surface area contributed by atoms with Crippen LogP contribution in [0.5, 0.6) is 0 Å². The summed E-state index contributed by atoms with van der Waals surface area (Å²) >= 11 is 0. The van der Waals surface area contributed by atoms with Gasteiger partial charge in [-0.3, -0.25) is 0 Å². The van der Waals surface area contributed by atoms with Gasteiger partial charge in [0.15, 0.2) is 0 Å². The summed E-state index contributed by atoms with van der Waals surface area (Å²) in [6.45, 7) is 8.55. The molecule has 0 aromatic heterocycles. The average Bonchev–Trinajstić information content (AvgIpc) is 1.64. The van der Waals surface area contributed by atoms with Gasteiger partial charge in [0.2, 0.25) is 0 Å². The molecule has 0 unspecified atom stereocenters. The van der Waals surface area contributed by atoms with Crippen molar-refractivity contribution < 1.29 is 0 Å². The predicted octanol–water partition coefficient (Wildman–Crippen LogP) is 0.594. The van der Waals surface area contributed by atoms with E-state index < -0.39 is 0 Å². The molecule has 56 valence electrons. The maximum atomic E-state index is 3.36. The molecular weight excluding hydrogens is 112 g/mol. The van der Waals surface area contributed by atoms with Gasteiger partial charge < -0.3 is 10.6 Å². The minimum atomic E-state index is 0.240. The molecule has 0 fully saturated rings. The Labute approximate surface area is 58.0 Å². The molecule has 0 atom stereocenters. The molecule has 0 aromatic rings. The highest BCUT2D eigenvalue weighted by Crippen LogP contribution is 1.97. The first-order valence-corrected chi connectivity index (χ1v) is 3.52. The van der Waals surface area contributed by atoms with Gasteiger partial charge in [-0.15, -0.1) is 0 Å². The molecule has 2 N–H and O–H groups in total. The Kier molecular flexibility index (Phi) is 3.82. The fraction of sp³-hybridized carbons (Fsp3) is 1.00. The Bertz CT molecular complexity index is 61.3. The Morgan fingerprint density at radius 2 is 1.89 bits per heavy atom. The molecule has 0 saturated heterocycles. The molecule has 0 amide bonds. The third-order valence-corrected chi connectivity index (χ3v) is 1.27. The molecule has 0 spiro atoms. The summed E-state index contributed by atoms with van der Waals surface area (Å²) in [6, 6.07) is 0. The van der Waals surface area contributed by atoms with E-state index in [2.05, 4.69) is 31.4 Å². The summed E-state index contributed by atoms with van der Waals surface area (Å²) in [4.78, 5) is 0. The normalized spacial score (nSPS) is 12.0. The van der Waals surface area contributed by atoms with Crippen LogP contribution < -0.4 is 10.6 Å². The fourth-order valence-corrected chi connectivity index (χ4v) is 0.983. The lowest BCUT2D eigenvalue weighted by atomic mass is 10.1. The van der Waals surface area contributed by atoms with Crippen molar-refractivity contribution in [1.82, 2.24) is 10.6 Å². The van der Waals surface area contributed by atoms with Crippen molar-refractivity contribution in [3.63, 3.8) is 0 Å². The molecule has 0 aliphatic heterocycles. The predicted molar refractivity (Wildman–Crippen MR) is 41.7 cm³/mol. The summed E-state index contributed by atoms with van der Waals surface area (Å²) in [5.41, 5.74) is 0.240. The molecule has 0 saturated carbocycles. The van der Waals surface area contributed by atoms with E-state index in [0.29, 0.717) is 0 Å². The highest BCUT2D eigenvalue weighted by molar-refractivity contribution is 4.77. The SMILES string of the molecule is CCNC(C)(C)CNC. The van der Waals surface area contributed by atoms with Gasteiger partial charge in [0.25, 0.3) is 0 Å². The monoisotopic (exact) mass is 130 g/mol. The number of hydrogen-bond donors (Lipinski definition) is 2. The summed E-state index contributed by atoms with van der Waals surface area (Å²) in [5.74, 6) is 0. The molecule has 0 heterocycles. The van der Waals surface area contributed by atoms with Gasteiger partial charge in [0.1, 0.15) is 0 Å². The minimum absolute atomic E-state index is 0.240. The zero-order chi connectivity index (χ0) is 7.33. The van der Waals surface area contributed by atoms with Gasteiger partial charge in [0, 0.05) is 12.1 Å². The molecular formula is C7H18N2. The summed E-state index contributed by atoms with van der Waals surface area (Å²) in [5, 5.41) is 6.49. The van der Waals surface area contributed by atoms with Crippen LogP contribution in [0.3, 0.4) is 0 Å². The van der Waals surface area contributed by atoms with Crippen molar-refractivity contribution in [2.75, 3.05) is 20.1 Å². The van der Waals surface area contributed by atoms with E-state index in [1.54, 1.807) is 0 Å². The van der Waals surface area contributed by atoms with Gasteiger partial charge in [-0.1, -0.05) is 6.92 Å². The van der Waals surface area contributed by atoms with Gasteiger partial charge in [-0.25, -0.2) is 0 Å². The van der Waals surface area contributed by atoms with Crippen LogP contribution in [0.2, 0.25) is 0 Å². The highest BCUT2D eigenvalue weighted by Gasteiger charge is 2.12. The van der Waals surface area contributed by atoms with E-state index in [9.17, 15) is 0 Å². The van der Waals surface area contributed by atoms with E-state index in [1.165, 1.54) is 0 Å². The molecule has 0 aliphatic carbocycles. The van der Waals surface area contributed by atoms with Crippen LogP contribution in [0.25, 0.3) is 0 Å². The molecule has 0 aliphatic rings. The number of nitrogens with one attached hydrogen (secondary N) is 2. The fourth-order valence-electron chi connectivity index (χ4n) is 0.983.